The third kappa shape index (κ3) is 3.57. The molecule has 1 amide bonds. The minimum absolute atomic E-state index is 0.106. The van der Waals surface area contributed by atoms with E-state index in [0.717, 1.165) is 11.4 Å². The largest absolute Gasteiger partial charge is 0.360 e. The number of amides is 1. The van der Waals surface area contributed by atoms with Crippen LogP contribution in [0.2, 0.25) is 5.02 Å². The van der Waals surface area contributed by atoms with Gasteiger partial charge >= 0.3 is 0 Å². The van der Waals surface area contributed by atoms with Crippen LogP contribution in [0.3, 0.4) is 0 Å². The quantitative estimate of drug-likeness (QED) is 0.703. The molecule has 4 rings (SSSR count). The maximum Gasteiger partial charge on any atom is 0.256 e. The average Bonchev–Trinajstić information content (AvgIpc) is 3.37. The summed E-state index contributed by atoms with van der Waals surface area (Å²) in [6.45, 7) is 2.98. The predicted molar refractivity (Wildman–Crippen MR) is 106 cm³/mol. The van der Waals surface area contributed by atoms with Crippen LogP contribution in [0.5, 0.6) is 0 Å². The number of hydrogen-bond donors (Lipinski definition) is 2. The van der Waals surface area contributed by atoms with Gasteiger partial charge in [0.15, 0.2) is 0 Å². The first-order chi connectivity index (χ1) is 13.5. The molecule has 0 radical (unpaired) electrons. The van der Waals surface area contributed by atoms with Crippen molar-refractivity contribution in [3.05, 3.63) is 64.7 Å². The van der Waals surface area contributed by atoms with E-state index >= 15 is 0 Å². The molecule has 8 heteroatoms. The standard InChI is InChI=1S/C20H19ClFN5O/c1-12-4-5-14(22)17(18(12)21)19(28)25-13-7-10-27(11-13)20-24-9-6-16(26-20)15-3-2-8-23-15/h2-6,8-9,13,23H,7,10-11H2,1H3,(H,25,28). The molecule has 6 nitrogen and oxygen atoms in total. The lowest BCUT2D eigenvalue weighted by atomic mass is 10.1. The van der Waals surface area contributed by atoms with Crippen molar-refractivity contribution in [2.45, 2.75) is 19.4 Å². The first kappa shape index (κ1) is 18.4. The van der Waals surface area contributed by atoms with Crippen LogP contribution >= 0.6 is 11.6 Å². The molecule has 1 aliphatic rings. The van der Waals surface area contributed by atoms with Crippen LogP contribution in [-0.2, 0) is 0 Å². The highest BCUT2D eigenvalue weighted by Gasteiger charge is 2.28. The summed E-state index contributed by atoms with van der Waals surface area (Å²) in [6, 6.07) is 8.37. The zero-order valence-electron chi connectivity index (χ0n) is 15.2. The zero-order valence-corrected chi connectivity index (χ0v) is 16.0. The van der Waals surface area contributed by atoms with Gasteiger partial charge in [-0.1, -0.05) is 17.7 Å². The van der Waals surface area contributed by atoms with Crippen molar-refractivity contribution in [1.82, 2.24) is 20.3 Å². The van der Waals surface area contributed by atoms with Crippen molar-refractivity contribution >= 4 is 23.5 Å². The number of H-pyrrole nitrogens is 1. The molecule has 3 aromatic rings. The minimum Gasteiger partial charge on any atom is -0.360 e. The van der Waals surface area contributed by atoms with Gasteiger partial charge in [-0.2, -0.15) is 0 Å². The lowest BCUT2D eigenvalue weighted by Crippen LogP contribution is -2.38. The van der Waals surface area contributed by atoms with Crippen molar-refractivity contribution < 1.29 is 9.18 Å². The molecular formula is C20H19ClFN5O. The van der Waals surface area contributed by atoms with Gasteiger partial charge in [0.25, 0.3) is 5.91 Å². The minimum atomic E-state index is -0.620. The monoisotopic (exact) mass is 399 g/mol. The fourth-order valence-corrected chi connectivity index (χ4v) is 3.56. The Balaban J connectivity index is 1.46. The topological polar surface area (TPSA) is 73.9 Å². The van der Waals surface area contributed by atoms with Crippen LogP contribution in [0.1, 0.15) is 22.3 Å². The predicted octanol–water partition coefficient (Wildman–Crippen LogP) is 3.58. The van der Waals surface area contributed by atoms with Gasteiger partial charge in [0.05, 0.1) is 22.0 Å². The van der Waals surface area contributed by atoms with E-state index in [-0.39, 0.29) is 16.6 Å². The SMILES string of the molecule is Cc1ccc(F)c(C(=O)NC2CCN(c3nccc(-c4ccc[nH]4)n3)C2)c1Cl. The van der Waals surface area contributed by atoms with Gasteiger partial charge in [-0.3, -0.25) is 4.79 Å². The summed E-state index contributed by atoms with van der Waals surface area (Å²) in [4.78, 5) is 26.6. The molecule has 1 aromatic carbocycles. The van der Waals surface area contributed by atoms with E-state index in [0.29, 0.717) is 31.0 Å². The molecule has 0 spiro atoms. The molecule has 144 valence electrons. The molecule has 1 saturated heterocycles. The Bertz CT molecular complexity index is 1010. The number of nitrogens with zero attached hydrogens (tertiary/aromatic N) is 3. The fraction of sp³-hybridized carbons (Fsp3) is 0.250. The molecule has 2 aromatic heterocycles. The van der Waals surface area contributed by atoms with E-state index in [9.17, 15) is 9.18 Å². The molecule has 1 atom stereocenters. The van der Waals surface area contributed by atoms with Gasteiger partial charge in [0.2, 0.25) is 5.95 Å². The number of halogens is 2. The molecular weight excluding hydrogens is 381 g/mol. The van der Waals surface area contributed by atoms with Gasteiger partial charge in [-0.15, -0.1) is 0 Å². The Morgan fingerprint density at radius 1 is 1.36 bits per heavy atom. The number of carbonyl (C=O) groups excluding carboxylic acids is 1. The summed E-state index contributed by atoms with van der Waals surface area (Å²) < 4.78 is 14.1. The number of rotatable bonds is 4. The second-order valence-electron chi connectivity index (χ2n) is 6.78. The zero-order chi connectivity index (χ0) is 19.7. The Morgan fingerprint density at radius 3 is 3.00 bits per heavy atom. The highest BCUT2D eigenvalue weighted by molar-refractivity contribution is 6.34. The number of nitrogens with one attached hydrogen (secondary N) is 2. The second-order valence-corrected chi connectivity index (χ2v) is 7.16. The highest BCUT2D eigenvalue weighted by Crippen LogP contribution is 2.25. The Kier molecular flexibility index (Phi) is 5.00. The Hall–Kier alpha value is -2.93. The van der Waals surface area contributed by atoms with Crippen LogP contribution in [0, 0.1) is 12.7 Å². The molecule has 0 aliphatic carbocycles. The third-order valence-electron chi connectivity index (χ3n) is 4.83. The van der Waals surface area contributed by atoms with Crippen molar-refractivity contribution in [3.8, 4) is 11.4 Å². The van der Waals surface area contributed by atoms with Gasteiger partial charge in [-0.05, 0) is 43.2 Å². The Labute approximate surface area is 166 Å². The van der Waals surface area contributed by atoms with Gasteiger partial charge in [0, 0.05) is 31.5 Å². The number of carbonyl (C=O) groups is 1. The van der Waals surface area contributed by atoms with Crippen molar-refractivity contribution in [2.24, 2.45) is 0 Å². The molecule has 2 N–H and O–H groups in total. The molecule has 1 unspecified atom stereocenters. The lowest BCUT2D eigenvalue weighted by Gasteiger charge is -2.18. The summed E-state index contributed by atoms with van der Waals surface area (Å²) >= 11 is 6.14. The summed E-state index contributed by atoms with van der Waals surface area (Å²) in [7, 11) is 0. The van der Waals surface area contributed by atoms with Crippen LogP contribution in [0.15, 0.2) is 42.7 Å². The average molecular weight is 400 g/mol. The van der Waals surface area contributed by atoms with Gasteiger partial charge in [0.1, 0.15) is 5.82 Å². The summed E-state index contributed by atoms with van der Waals surface area (Å²) in [5.74, 6) is -0.521. The lowest BCUT2D eigenvalue weighted by molar-refractivity contribution is 0.0936. The summed E-state index contributed by atoms with van der Waals surface area (Å²) in [5.41, 5.74) is 2.27. The summed E-state index contributed by atoms with van der Waals surface area (Å²) in [5, 5.41) is 3.03. The maximum atomic E-state index is 14.1. The van der Waals surface area contributed by atoms with Gasteiger partial charge < -0.3 is 15.2 Å². The molecule has 3 heterocycles. The van der Waals surface area contributed by atoms with E-state index in [1.54, 1.807) is 19.2 Å². The van der Waals surface area contributed by atoms with Crippen LogP contribution in [0.25, 0.3) is 11.4 Å². The van der Waals surface area contributed by atoms with Crippen molar-refractivity contribution in [2.75, 3.05) is 18.0 Å². The van der Waals surface area contributed by atoms with E-state index in [4.69, 9.17) is 11.6 Å². The number of aryl methyl sites for hydroxylation is 1. The molecule has 1 fully saturated rings. The van der Waals surface area contributed by atoms with Crippen LogP contribution in [-0.4, -0.2) is 40.0 Å². The van der Waals surface area contributed by atoms with E-state index in [2.05, 4.69) is 20.3 Å². The molecule has 0 saturated carbocycles. The normalized spacial score (nSPS) is 16.4. The van der Waals surface area contributed by atoms with E-state index < -0.39 is 11.7 Å². The van der Waals surface area contributed by atoms with E-state index in [1.807, 2.05) is 29.3 Å². The van der Waals surface area contributed by atoms with Crippen molar-refractivity contribution in [1.29, 1.82) is 0 Å². The second kappa shape index (κ2) is 7.59. The van der Waals surface area contributed by atoms with Crippen LogP contribution < -0.4 is 10.2 Å². The highest BCUT2D eigenvalue weighted by atomic mass is 35.5. The third-order valence-corrected chi connectivity index (χ3v) is 5.32. The van der Waals surface area contributed by atoms with E-state index in [1.165, 1.54) is 6.07 Å². The Morgan fingerprint density at radius 2 is 2.21 bits per heavy atom. The maximum absolute atomic E-state index is 14.1. The fourth-order valence-electron chi connectivity index (χ4n) is 3.32. The van der Waals surface area contributed by atoms with Crippen molar-refractivity contribution in [3.63, 3.8) is 0 Å². The molecule has 28 heavy (non-hydrogen) atoms. The smallest absolute Gasteiger partial charge is 0.256 e. The first-order valence-electron chi connectivity index (χ1n) is 9.00. The summed E-state index contributed by atoms with van der Waals surface area (Å²) in [6.07, 6.45) is 4.27. The van der Waals surface area contributed by atoms with Crippen LogP contribution in [0.4, 0.5) is 10.3 Å². The van der Waals surface area contributed by atoms with Gasteiger partial charge in [-0.25, -0.2) is 14.4 Å². The number of aromatic nitrogens is 3. The molecule has 0 bridgehead atoms. The number of anilines is 1. The molecule has 1 aliphatic heterocycles. The number of aromatic amines is 1. The number of hydrogen-bond acceptors (Lipinski definition) is 4. The number of benzene rings is 1. The first-order valence-corrected chi connectivity index (χ1v) is 9.38.